The molecule has 0 spiro atoms. The van der Waals surface area contributed by atoms with E-state index in [-0.39, 0.29) is 0 Å². The van der Waals surface area contributed by atoms with Gasteiger partial charge in [-0.2, -0.15) is 13.2 Å². The number of alkyl halides is 3. The molecule has 0 N–H and O–H groups in total. The average molecular weight is 257 g/mol. The Morgan fingerprint density at radius 3 is 2.56 bits per heavy atom. The summed E-state index contributed by atoms with van der Waals surface area (Å²) in [6.45, 7) is 0.470. The van der Waals surface area contributed by atoms with Crippen LogP contribution in [-0.4, -0.2) is 12.8 Å². The van der Waals surface area contributed by atoms with Crippen LogP contribution in [0.1, 0.15) is 17.5 Å². The van der Waals surface area contributed by atoms with Crippen molar-refractivity contribution in [3.63, 3.8) is 0 Å². The molecule has 0 amide bonds. The Morgan fingerprint density at radius 1 is 1.17 bits per heavy atom. The maximum absolute atomic E-state index is 13.2. The van der Waals surface area contributed by atoms with Crippen molar-refractivity contribution in [2.24, 2.45) is 4.99 Å². The predicted octanol–water partition coefficient (Wildman–Crippen LogP) is 3.79. The van der Waals surface area contributed by atoms with Crippen molar-refractivity contribution in [3.8, 4) is 0 Å². The lowest BCUT2D eigenvalue weighted by atomic mass is 10.0. The molecule has 2 rings (SSSR count). The van der Waals surface area contributed by atoms with Gasteiger partial charge in [-0.25, -0.2) is 4.39 Å². The van der Waals surface area contributed by atoms with Crippen LogP contribution in [0.15, 0.2) is 34.8 Å². The largest absolute Gasteiger partial charge is 0.416 e. The molecule has 0 aromatic heterocycles. The van der Waals surface area contributed by atoms with E-state index in [4.69, 9.17) is 0 Å². The summed E-state index contributed by atoms with van der Waals surface area (Å²) in [6, 6.07) is 2.63. The standard InChI is InChI=1S/C13H11F4N/c14-12-6-10(4-9-2-1-3-18-8-9)5-11(7-12)13(15,16)17/h2-3,5-7H,1,4,8H2. The molecule has 0 aliphatic carbocycles. The number of halogens is 4. The number of benzene rings is 1. The molecular formula is C13H11F4N. The Labute approximate surface area is 102 Å². The molecule has 0 fully saturated rings. The summed E-state index contributed by atoms with van der Waals surface area (Å²) in [4.78, 5) is 4.04. The third-order valence-electron chi connectivity index (χ3n) is 2.65. The Balaban J connectivity index is 2.23. The smallest absolute Gasteiger partial charge is 0.293 e. The number of aliphatic imine (C=N–C) groups is 1. The van der Waals surface area contributed by atoms with Crippen molar-refractivity contribution in [2.75, 3.05) is 6.54 Å². The van der Waals surface area contributed by atoms with E-state index in [1.165, 1.54) is 0 Å². The minimum Gasteiger partial charge on any atom is -0.293 e. The molecule has 0 saturated carbocycles. The van der Waals surface area contributed by atoms with Crippen LogP contribution in [0.2, 0.25) is 0 Å². The maximum Gasteiger partial charge on any atom is 0.416 e. The van der Waals surface area contributed by atoms with Gasteiger partial charge in [0.05, 0.1) is 12.1 Å². The molecule has 1 aliphatic heterocycles. The van der Waals surface area contributed by atoms with Crippen LogP contribution < -0.4 is 0 Å². The first-order chi connectivity index (χ1) is 8.45. The number of hydrogen-bond donors (Lipinski definition) is 0. The molecule has 1 aromatic rings. The predicted molar refractivity (Wildman–Crippen MR) is 61.2 cm³/mol. The first kappa shape index (κ1) is 12.8. The number of nitrogens with zero attached hydrogens (tertiary/aromatic N) is 1. The fourth-order valence-corrected chi connectivity index (χ4v) is 1.85. The van der Waals surface area contributed by atoms with Crippen LogP contribution in [0, 0.1) is 5.82 Å². The van der Waals surface area contributed by atoms with E-state index in [2.05, 4.69) is 4.99 Å². The topological polar surface area (TPSA) is 12.4 Å². The van der Waals surface area contributed by atoms with E-state index in [0.29, 0.717) is 31.0 Å². The van der Waals surface area contributed by atoms with Crippen LogP contribution in [0.5, 0.6) is 0 Å². The average Bonchev–Trinajstić information content (AvgIpc) is 2.28. The van der Waals surface area contributed by atoms with E-state index in [1.807, 2.05) is 6.08 Å². The third-order valence-corrected chi connectivity index (χ3v) is 2.65. The van der Waals surface area contributed by atoms with Gasteiger partial charge in [0.1, 0.15) is 5.82 Å². The van der Waals surface area contributed by atoms with Gasteiger partial charge in [-0.05, 0) is 35.8 Å². The quantitative estimate of drug-likeness (QED) is 0.564. The van der Waals surface area contributed by atoms with Crippen molar-refractivity contribution < 1.29 is 17.6 Å². The van der Waals surface area contributed by atoms with Gasteiger partial charge in [-0.3, -0.25) is 4.99 Å². The molecule has 0 bridgehead atoms. The fraction of sp³-hybridized carbons (Fsp3) is 0.308. The molecule has 0 radical (unpaired) electrons. The lowest BCUT2D eigenvalue weighted by Crippen LogP contribution is -2.07. The molecule has 1 heterocycles. The van der Waals surface area contributed by atoms with E-state index in [0.717, 1.165) is 17.7 Å². The summed E-state index contributed by atoms with van der Waals surface area (Å²) in [6.07, 6.45) is 0.117. The van der Waals surface area contributed by atoms with Gasteiger partial charge in [0.15, 0.2) is 0 Å². The highest BCUT2D eigenvalue weighted by Crippen LogP contribution is 2.31. The van der Waals surface area contributed by atoms with Crippen molar-refractivity contribution in [1.82, 2.24) is 0 Å². The van der Waals surface area contributed by atoms with Crippen LogP contribution in [0.3, 0.4) is 0 Å². The summed E-state index contributed by atoms with van der Waals surface area (Å²) in [5, 5.41) is 0. The summed E-state index contributed by atoms with van der Waals surface area (Å²) in [5.74, 6) is -0.861. The van der Waals surface area contributed by atoms with E-state index >= 15 is 0 Å². The number of rotatable bonds is 2. The molecule has 5 heteroatoms. The maximum atomic E-state index is 13.2. The van der Waals surface area contributed by atoms with Gasteiger partial charge in [-0.1, -0.05) is 6.08 Å². The van der Waals surface area contributed by atoms with Crippen LogP contribution >= 0.6 is 0 Å². The SMILES string of the molecule is Fc1cc(CC2=CCC=NC2)cc(C(F)(F)F)c1. The number of allylic oxidation sites excluding steroid dienone is 1. The molecule has 1 aromatic carbocycles. The Morgan fingerprint density at radius 2 is 1.94 bits per heavy atom. The highest BCUT2D eigenvalue weighted by Gasteiger charge is 2.31. The van der Waals surface area contributed by atoms with E-state index < -0.39 is 17.6 Å². The van der Waals surface area contributed by atoms with E-state index in [1.54, 1.807) is 6.21 Å². The summed E-state index contributed by atoms with van der Waals surface area (Å²) in [5.41, 5.74) is 0.291. The second-order valence-corrected chi connectivity index (χ2v) is 4.14. The Hall–Kier alpha value is -1.65. The van der Waals surface area contributed by atoms with Gasteiger partial charge < -0.3 is 0 Å². The molecule has 96 valence electrons. The number of hydrogen-bond acceptors (Lipinski definition) is 1. The second kappa shape index (κ2) is 4.92. The first-order valence-corrected chi connectivity index (χ1v) is 5.48. The summed E-state index contributed by atoms with van der Waals surface area (Å²) >= 11 is 0. The minimum atomic E-state index is -4.52. The van der Waals surface area contributed by atoms with Gasteiger partial charge in [0.25, 0.3) is 0 Å². The first-order valence-electron chi connectivity index (χ1n) is 5.48. The van der Waals surface area contributed by atoms with Gasteiger partial charge in [-0.15, -0.1) is 0 Å². The second-order valence-electron chi connectivity index (χ2n) is 4.14. The molecule has 0 unspecified atom stereocenters. The zero-order valence-corrected chi connectivity index (χ0v) is 9.47. The van der Waals surface area contributed by atoms with Gasteiger partial charge in [0.2, 0.25) is 0 Å². The van der Waals surface area contributed by atoms with Crippen LogP contribution in [-0.2, 0) is 12.6 Å². The molecule has 18 heavy (non-hydrogen) atoms. The Bertz CT molecular complexity index is 500. The molecule has 1 nitrogen and oxygen atoms in total. The van der Waals surface area contributed by atoms with Gasteiger partial charge in [0, 0.05) is 12.6 Å². The third kappa shape index (κ3) is 3.18. The van der Waals surface area contributed by atoms with Crippen LogP contribution in [0.25, 0.3) is 0 Å². The molecular weight excluding hydrogens is 246 g/mol. The van der Waals surface area contributed by atoms with Crippen molar-refractivity contribution >= 4 is 6.21 Å². The van der Waals surface area contributed by atoms with Crippen molar-refractivity contribution in [3.05, 3.63) is 46.8 Å². The zero-order chi connectivity index (χ0) is 13.2. The molecule has 0 saturated heterocycles. The molecule has 0 atom stereocenters. The fourth-order valence-electron chi connectivity index (χ4n) is 1.85. The summed E-state index contributed by atoms with van der Waals surface area (Å²) in [7, 11) is 0. The Kier molecular flexibility index (Phi) is 3.50. The highest BCUT2D eigenvalue weighted by molar-refractivity contribution is 5.61. The number of dihydropyridines is 1. The van der Waals surface area contributed by atoms with Crippen LogP contribution in [0.4, 0.5) is 17.6 Å². The zero-order valence-electron chi connectivity index (χ0n) is 9.47. The minimum absolute atomic E-state index is 0.304. The monoisotopic (exact) mass is 257 g/mol. The van der Waals surface area contributed by atoms with Crippen molar-refractivity contribution in [2.45, 2.75) is 19.0 Å². The highest BCUT2D eigenvalue weighted by atomic mass is 19.4. The molecule has 1 aliphatic rings. The van der Waals surface area contributed by atoms with Gasteiger partial charge >= 0.3 is 6.18 Å². The summed E-state index contributed by atoms with van der Waals surface area (Å²) < 4.78 is 50.7. The lowest BCUT2D eigenvalue weighted by molar-refractivity contribution is -0.137. The van der Waals surface area contributed by atoms with Crippen molar-refractivity contribution in [1.29, 1.82) is 0 Å². The normalized spacial score (nSPS) is 15.7. The van der Waals surface area contributed by atoms with E-state index in [9.17, 15) is 17.6 Å². The lowest BCUT2D eigenvalue weighted by Gasteiger charge is -2.11.